The van der Waals surface area contributed by atoms with E-state index in [0.29, 0.717) is 13.0 Å². The van der Waals surface area contributed by atoms with E-state index in [0.717, 1.165) is 12.8 Å². The van der Waals surface area contributed by atoms with Crippen molar-refractivity contribution in [2.45, 2.75) is 124 Å². The number of hydrogen-bond donors (Lipinski definition) is 0. The first kappa shape index (κ1) is 25.9. The van der Waals surface area contributed by atoms with Crippen LogP contribution in [-0.4, -0.2) is 24.6 Å². The van der Waals surface area contributed by atoms with Crippen LogP contribution in [0.2, 0.25) is 0 Å². The van der Waals surface area contributed by atoms with Crippen LogP contribution in [0.5, 0.6) is 0 Å². The van der Waals surface area contributed by atoms with Gasteiger partial charge in [-0.15, -0.1) is 0 Å². The molecule has 27 heavy (non-hydrogen) atoms. The van der Waals surface area contributed by atoms with Crippen LogP contribution in [-0.2, 0) is 19.1 Å². The van der Waals surface area contributed by atoms with Gasteiger partial charge in [-0.2, -0.15) is 0 Å². The summed E-state index contributed by atoms with van der Waals surface area (Å²) in [5, 5.41) is 0. The Labute approximate surface area is 167 Å². The number of carbonyl (C=O) groups excluding carboxylic acids is 2. The predicted octanol–water partition coefficient (Wildman–Crippen LogP) is 6.60. The second-order valence-electron chi connectivity index (χ2n) is 7.90. The lowest BCUT2D eigenvalue weighted by molar-refractivity contribution is -0.170. The lowest BCUT2D eigenvalue weighted by atomic mass is 10.0. The van der Waals surface area contributed by atoms with E-state index in [-0.39, 0.29) is 11.9 Å². The lowest BCUT2D eigenvalue weighted by Crippen LogP contribution is -2.33. The fraction of sp³-hybridized carbons (Fsp3) is 0.913. The normalized spacial score (nSPS) is 12.2. The summed E-state index contributed by atoms with van der Waals surface area (Å²) in [5.41, 5.74) is 0. The second-order valence-corrected chi connectivity index (χ2v) is 7.90. The molecule has 160 valence electrons. The average molecular weight is 385 g/mol. The van der Waals surface area contributed by atoms with Crippen molar-refractivity contribution in [2.75, 3.05) is 6.61 Å². The van der Waals surface area contributed by atoms with Crippen LogP contribution in [0.3, 0.4) is 0 Å². The molecule has 0 radical (unpaired) electrons. The number of ether oxygens (including phenoxy) is 2. The third-order valence-corrected chi connectivity index (χ3v) is 4.87. The highest BCUT2D eigenvalue weighted by atomic mass is 16.6. The first-order valence-corrected chi connectivity index (χ1v) is 11.4. The van der Waals surface area contributed by atoms with Crippen molar-refractivity contribution in [3.63, 3.8) is 0 Å². The SMILES string of the molecule is CCCCCCCCCCCCCCCC(=O)OC(C(=O)OCC)C(C)C. The summed E-state index contributed by atoms with van der Waals surface area (Å²) in [4.78, 5) is 23.7. The maximum absolute atomic E-state index is 11.9. The van der Waals surface area contributed by atoms with Crippen molar-refractivity contribution in [1.82, 2.24) is 0 Å². The summed E-state index contributed by atoms with van der Waals surface area (Å²) in [6, 6.07) is 0. The van der Waals surface area contributed by atoms with Gasteiger partial charge in [-0.3, -0.25) is 4.79 Å². The minimum absolute atomic E-state index is 0.0698. The van der Waals surface area contributed by atoms with Gasteiger partial charge in [-0.05, 0) is 13.3 Å². The number of unbranched alkanes of at least 4 members (excludes halogenated alkanes) is 12. The highest BCUT2D eigenvalue weighted by molar-refractivity contribution is 5.79. The number of hydrogen-bond acceptors (Lipinski definition) is 4. The maximum atomic E-state index is 11.9. The molecule has 0 N–H and O–H groups in total. The molecule has 4 nitrogen and oxygen atoms in total. The van der Waals surface area contributed by atoms with Gasteiger partial charge in [-0.1, -0.05) is 97.8 Å². The van der Waals surface area contributed by atoms with E-state index in [2.05, 4.69) is 6.92 Å². The van der Waals surface area contributed by atoms with Gasteiger partial charge in [0.2, 0.25) is 6.10 Å². The summed E-state index contributed by atoms with van der Waals surface area (Å²) in [6.07, 6.45) is 16.2. The van der Waals surface area contributed by atoms with Gasteiger partial charge in [0.25, 0.3) is 0 Å². The molecule has 4 heteroatoms. The van der Waals surface area contributed by atoms with Crippen LogP contribution in [0.25, 0.3) is 0 Å². The molecule has 0 aliphatic carbocycles. The minimum atomic E-state index is -0.778. The van der Waals surface area contributed by atoms with E-state index in [1.54, 1.807) is 6.92 Å². The average Bonchev–Trinajstić information content (AvgIpc) is 2.63. The summed E-state index contributed by atoms with van der Waals surface area (Å²) in [7, 11) is 0. The third kappa shape index (κ3) is 15.7. The van der Waals surface area contributed by atoms with E-state index in [1.807, 2.05) is 13.8 Å². The van der Waals surface area contributed by atoms with Crippen molar-refractivity contribution < 1.29 is 19.1 Å². The van der Waals surface area contributed by atoms with E-state index in [4.69, 9.17) is 9.47 Å². The number of esters is 2. The molecule has 0 bridgehead atoms. The van der Waals surface area contributed by atoms with Crippen molar-refractivity contribution in [3.8, 4) is 0 Å². The molecule has 0 spiro atoms. The highest BCUT2D eigenvalue weighted by Gasteiger charge is 2.27. The van der Waals surface area contributed by atoms with Crippen LogP contribution >= 0.6 is 0 Å². The second kappa shape index (κ2) is 18.3. The van der Waals surface area contributed by atoms with Gasteiger partial charge in [0.15, 0.2) is 0 Å². The molecular weight excluding hydrogens is 340 g/mol. The molecule has 0 rings (SSSR count). The Bertz CT molecular complexity index is 365. The summed E-state index contributed by atoms with van der Waals surface area (Å²) in [6.45, 7) is 8.04. The highest BCUT2D eigenvalue weighted by Crippen LogP contribution is 2.14. The molecule has 0 amide bonds. The molecule has 1 unspecified atom stereocenters. The van der Waals surface area contributed by atoms with Crippen LogP contribution in [0.1, 0.15) is 118 Å². The topological polar surface area (TPSA) is 52.6 Å². The Hall–Kier alpha value is -1.06. The zero-order valence-corrected chi connectivity index (χ0v) is 18.4. The van der Waals surface area contributed by atoms with Crippen molar-refractivity contribution in [1.29, 1.82) is 0 Å². The largest absolute Gasteiger partial charge is 0.463 e. The Kier molecular flexibility index (Phi) is 17.6. The van der Waals surface area contributed by atoms with E-state index in [9.17, 15) is 9.59 Å². The summed E-state index contributed by atoms with van der Waals surface area (Å²) < 4.78 is 10.3. The van der Waals surface area contributed by atoms with Gasteiger partial charge >= 0.3 is 11.9 Å². The Morgan fingerprint density at radius 3 is 1.56 bits per heavy atom. The minimum Gasteiger partial charge on any atom is -0.463 e. The Morgan fingerprint density at radius 1 is 0.704 bits per heavy atom. The molecule has 0 saturated heterocycles. The fourth-order valence-electron chi connectivity index (χ4n) is 3.17. The summed E-state index contributed by atoms with van der Waals surface area (Å²) in [5.74, 6) is -0.796. The summed E-state index contributed by atoms with van der Waals surface area (Å²) >= 11 is 0. The van der Waals surface area contributed by atoms with Crippen molar-refractivity contribution >= 4 is 11.9 Å². The Morgan fingerprint density at radius 2 is 1.15 bits per heavy atom. The first-order valence-electron chi connectivity index (χ1n) is 11.4. The first-order chi connectivity index (χ1) is 13.0. The van der Waals surface area contributed by atoms with Crippen molar-refractivity contribution in [3.05, 3.63) is 0 Å². The molecule has 0 aliphatic heterocycles. The van der Waals surface area contributed by atoms with Gasteiger partial charge < -0.3 is 9.47 Å². The number of rotatable bonds is 18. The smallest absolute Gasteiger partial charge is 0.347 e. The molecule has 0 aromatic heterocycles. The van der Waals surface area contributed by atoms with Crippen LogP contribution < -0.4 is 0 Å². The molecular formula is C23H44O4. The zero-order chi connectivity index (χ0) is 20.3. The molecule has 0 aromatic carbocycles. The zero-order valence-electron chi connectivity index (χ0n) is 18.4. The monoisotopic (exact) mass is 384 g/mol. The molecule has 1 atom stereocenters. The van der Waals surface area contributed by atoms with Gasteiger partial charge in [0, 0.05) is 12.3 Å². The molecule has 0 aliphatic rings. The van der Waals surface area contributed by atoms with Crippen LogP contribution in [0.4, 0.5) is 0 Å². The van der Waals surface area contributed by atoms with Crippen LogP contribution in [0, 0.1) is 5.92 Å². The van der Waals surface area contributed by atoms with Gasteiger partial charge in [0.1, 0.15) is 0 Å². The molecule has 0 heterocycles. The molecule has 0 fully saturated rings. The van der Waals surface area contributed by atoms with Crippen molar-refractivity contribution in [2.24, 2.45) is 5.92 Å². The van der Waals surface area contributed by atoms with Gasteiger partial charge in [0.05, 0.1) is 6.61 Å². The van der Waals surface area contributed by atoms with E-state index in [1.165, 1.54) is 70.6 Å². The van der Waals surface area contributed by atoms with E-state index < -0.39 is 12.1 Å². The van der Waals surface area contributed by atoms with E-state index >= 15 is 0 Å². The fourth-order valence-corrected chi connectivity index (χ4v) is 3.17. The maximum Gasteiger partial charge on any atom is 0.347 e. The van der Waals surface area contributed by atoms with Gasteiger partial charge in [-0.25, -0.2) is 4.79 Å². The standard InChI is InChI=1S/C23H44O4/c1-5-7-8-9-10-11-12-13-14-15-16-17-18-19-21(24)27-22(20(3)4)23(25)26-6-2/h20,22H,5-19H2,1-4H3. The lowest BCUT2D eigenvalue weighted by Gasteiger charge is -2.19. The third-order valence-electron chi connectivity index (χ3n) is 4.87. The quantitative estimate of drug-likeness (QED) is 0.197. The Balaban J connectivity index is 3.56. The van der Waals surface area contributed by atoms with Crippen LogP contribution in [0.15, 0.2) is 0 Å². The predicted molar refractivity (Wildman–Crippen MR) is 112 cm³/mol. The number of carbonyl (C=O) groups is 2. The molecule has 0 aromatic rings. The molecule has 0 saturated carbocycles.